The number of carbonyl (C=O) groups is 1. The SMILES string of the molecule is CCOC(=O)c1ccc(N2CCCC(c3nncn3C(C)C)C2)nc1. The summed E-state index contributed by atoms with van der Waals surface area (Å²) in [5.41, 5.74) is 0.485. The fourth-order valence-corrected chi connectivity index (χ4v) is 3.25. The summed E-state index contributed by atoms with van der Waals surface area (Å²) in [6.45, 7) is 8.26. The number of hydrogen-bond donors (Lipinski definition) is 0. The Morgan fingerprint density at radius 3 is 2.92 bits per heavy atom. The summed E-state index contributed by atoms with van der Waals surface area (Å²) in [7, 11) is 0. The van der Waals surface area contributed by atoms with Crippen molar-refractivity contribution < 1.29 is 9.53 Å². The zero-order chi connectivity index (χ0) is 17.8. The van der Waals surface area contributed by atoms with Crippen LogP contribution >= 0.6 is 0 Å². The number of esters is 1. The van der Waals surface area contributed by atoms with Crippen molar-refractivity contribution in [3.8, 4) is 0 Å². The van der Waals surface area contributed by atoms with Crippen molar-refractivity contribution in [2.45, 2.75) is 45.6 Å². The molecule has 1 unspecified atom stereocenters. The minimum atomic E-state index is -0.330. The van der Waals surface area contributed by atoms with E-state index < -0.39 is 0 Å². The van der Waals surface area contributed by atoms with E-state index in [0.717, 1.165) is 37.6 Å². The zero-order valence-electron chi connectivity index (χ0n) is 15.1. The second kappa shape index (κ2) is 7.63. The van der Waals surface area contributed by atoms with Gasteiger partial charge >= 0.3 is 5.97 Å². The summed E-state index contributed by atoms with van der Waals surface area (Å²) in [5, 5.41) is 8.44. The lowest BCUT2D eigenvalue weighted by atomic mass is 9.97. The number of carbonyl (C=O) groups excluding carboxylic acids is 1. The second-order valence-electron chi connectivity index (χ2n) is 6.60. The van der Waals surface area contributed by atoms with Crippen LogP contribution in [0.4, 0.5) is 5.82 Å². The van der Waals surface area contributed by atoms with Crippen LogP contribution in [0.5, 0.6) is 0 Å². The van der Waals surface area contributed by atoms with E-state index >= 15 is 0 Å². The average molecular weight is 343 g/mol. The Balaban J connectivity index is 1.73. The summed E-state index contributed by atoms with van der Waals surface area (Å²) in [5.74, 6) is 1.93. The lowest BCUT2D eigenvalue weighted by Gasteiger charge is -2.33. The molecule has 1 fully saturated rings. The largest absolute Gasteiger partial charge is 0.462 e. The highest BCUT2D eigenvalue weighted by molar-refractivity contribution is 5.89. The van der Waals surface area contributed by atoms with E-state index in [1.165, 1.54) is 0 Å². The van der Waals surface area contributed by atoms with E-state index in [1.54, 1.807) is 19.2 Å². The van der Waals surface area contributed by atoms with Crippen LogP contribution in [0, 0.1) is 0 Å². The zero-order valence-corrected chi connectivity index (χ0v) is 15.1. The van der Waals surface area contributed by atoms with Gasteiger partial charge in [-0.2, -0.15) is 0 Å². The van der Waals surface area contributed by atoms with Gasteiger partial charge in [-0.1, -0.05) is 0 Å². The second-order valence-corrected chi connectivity index (χ2v) is 6.60. The molecule has 1 atom stereocenters. The molecule has 3 rings (SSSR count). The molecule has 0 bridgehead atoms. The van der Waals surface area contributed by atoms with Gasteiger partial charge in [0.15, 0.2) is 0 Å². The highest BCUT2D eigenvalue weighted by atomic mass is 16.5. The first kappa shape index (κ1) is 17.4. The van der Waals surface area contributed by atoms with Crippen molar-refractivity contribution in [1.29, 1.82) is 0 Å². The number of aromatic nitrogens is 4. The Bertz CT molecular complexity index is 711. The normalized spacial score (nSPS) is 17.8. The first-order chi connectivity index (χ1) is 12.1. The molecule has 7 heteroatoms. The van der Waals surface area contributed by atoms with E-state index in [4.69, 9.17) is 4.74 Å². The molecule has 25 heavy (non-hydrogen) atoms. The number of piperidine rings is 1. The van der Waals surface area contributed by atoms with Gasteiger partial charge in [0.05, 0.1) is 12.2 Å². The van der Waals surface area contributed by atoms with Crippen LogP contribution < -0.4 is 4.90 Å². The quantitative estimate of drug-likeness (QED) is 0.777. The van der Waals surface area contributed by atoms with Crippen LogP contribution in [0.25, 0.3) is 0 Å². The van der Waals surface area contributed by atoms with Crippen molar-refractivity contribution in [1.82, 2.24) is 19.7 Å². The molecule has 3 heterocycles. The Kier molecular flexibility index (Phi) is 5.31. The Hall–Kier alpha value is -2.44. The van der Waals surface area contributed by atoms with E-state index in [9.17, 15) is 4.79 Å². The summed E-state index contributed by atoms with van der Waals surface area (Å²) in [6, 6.07) is 4.02. The molecular weight excluding hydrogens is 318 g/mol. The van der Waals surface area contributed by atoms with Gasteiger partial charge in [0, 0.05) is 31.2 Å². The third-order valence-electron chi connectivity index (χ3n) is 4.53. The average Bonchev–Trinajstić information content (AvgIpc) is 3.12. The first-order valence-corrected chi connectivity index (χ1v) is 8.87. The summed E-state index contributed by atoms with van der Waals surface area (Å²) < 4.78 is 7.15. The Labute approximate surface area is 148 Å². The Morgan fingerprint density at radius 1 is 1.40 bits per heavy atom. The van der Waals surface area contributed by atoms with Crippen LogP contribution in [0.1, 0.15) is 61.8 Å². The van der Waals surface area contributed by atoms with Crippen LogP contribution in [-0.4, -0.2) is 45.4 Å². The van der Waals surface area contributed by atoms with E-state index in [-0.39, 0.29) is 5.97 Å². The van der Waals surface area contributed by atoms with Crippen LogP contribution in [0.15, 0.2) is 24.7 Å². The van der Waals surface area contributed by atoms with Gasteiger partial charge in [-0.15, -0.1) is 10.2 Å². The van der Waals surface area contributed by atoms with Crippen LogP contribution in [0.3, 0.4) is 0 Å². The van der Waals surface area contributed by atoms with Crippen LogP contribution in [0.2, 0.25) is 0 Å². The molecule has 0 amide bonds. The van der Waals surface area contributed by atoms with Gasteiger partial charge in [0.2, 0.25) is 0 Å². The Morgan fingerprint density at radius 2 is 2.24 bits per heavy atom. The number of rotatable bonds is 5. The van der Waals surface area contributed by atoms with E-state index in [2.05, 4.69) is 38.5 Å². The monoisotopic (exact) mass is 343 g/mol. The molecule has 7 nitrogen and oxygen atoms in total. The lowest BCUT2D eigenvalue weighted by molar-refractivity contribution is 0.0526. The van der Waals surface area contributed by atoms with Gasteiger partial charge in [-0.3, -0.25) is 0 Å². The van der Waals surface area contributed by atoms with Crippen LogP contribution in [-0.2, 0) is 4.74 Å². The van der Waals surface area contributed by atoms with Crippen molar-refractivity contribution >= 4 is 11.8 Å². The molecule has 2 aromatic rings. The minimum Gasteiger partial charge on any atom is -0.462 e. The fraction of sp³-hybridized carbons (Fsp3) is 0.556. The van der Waals surface area contributed by atoms with Gasteiger partial charge in [0.25, 0.3) is 0 Å². The van der Waals surface area contributed by atoms with Gasteiger partial charge in [-0.25, -0.2) is 9.78 Å². The number of pyridine rings is 1. The molecule has 1 aliphatic heterocycles. The van der Waals surface area contributed by atoms with Gasteiger partial charge in [-0.05, 0) is 45.7 Å². The molecule has 134 valence electrons. The number of ether oxygens (including phenoxy) is 1. The predicted molar refractivity (Wildman–Crippen MR) is 94.8 cm³/mol. The summed E-state index contributed by atoms with van der Waals surface area (Å²) in [4.78, 5) is 18.5. The number of nitrogens with zero attached hydrogens (tertiary/aromatic N) is 5. The molecule has 0 spiro atoms. The molecule has 2 aromatic heterocycles. The van der Waals surface area contributed by atoms with Gasteiger partial charge in [0.1, 0.15) is 18.0 Å². The minimum absolute atomic E-state index is 0.330. The highest BCUT2D eigenvalue weighted by Gasteiger charge is 2.26. The molecule has 1 saturated heterocycles. The van der Waals surface area contributed by atoms with Gasteiger partial charge < -0.3 is 14.2 Å². The summed E-state index contributed by atoms with van der Waals surface area (Å²) in [6.07, 6.45) is 5.58. The fourth-order valence-electron chi connectivity index (χ4n) is 3.25. The maximum atomic E-state index is 11.7. The molecule has 0 radical (unpaired) electrons. The predicted octanol–water partition coefficient (Wildman–Crippen LogP) is 2.81. The maximum Gasteiger partial charge on any atom is 0.339 e. The first-order valence-electron chi connectivity index (χ1n) is 8.87. The maximum absolute atomic E-state index is 11.7. The number of anilines is 1. The van der Waals surface area contributed by atoms with Crippen molar-refractivity contribution in [2.24, 2.45) is 0 Å². The third-order valence-corrected chi connectivity index (χ3v) is 4.53. The van der Waals surface area contributed by atoms with E-state index in [1.807, 2.05) is 12.4 Å². The molecule has 0 saturated carbocycles. The molecule has 1 aliphatic rings. The molecule has 0 aromatic carbocycles. The highest BCUT2D eigenvalue weighted by Crippen LogP contribution is 2.29. The molecular formula is C18H25N5O2. The van der Waals surface area contributed by atoms with E-state index in [0.29, 0.717) is 24.1 Å². The van der Waals surface area contributed by atoms with Crippen molar-refractivity contribution in [2.75, 3.05) is 24.6 Å². The molecule has 0 N–H and O–H groups in total. The van der Waals surface area contributed by atoms with Crippen molar-refractivity contribution in [3.63, 3.8) is 0 Å². The lowest BCUT2D eigenvalue weighted by Crippen LogP contribution is -2.36. The third kappa shape index (κ3) is 3.81. The summed E-state index contributed by atoms with van der Waals surface area (Å²) >= 11 is 0. The standard InChI is InChI=1S/C18H25N5O2/c1-4-25-18(24)14-7-8-16(19-10-14)22-9-5-6-15(11-22)17-21-20-12-23(17)13(2)3/h7-8,10,12-13,15H,4-6,9,11H2,1-3H3. The van der Waals surface area contributed by atoms with Crippen molar-refractivity contribution in [3.05, 3.63) is 36.0 Å². The smallest absolute Gasteiger partial charge is 0.339 e. The topological polar surface area (TPSA) is 73.1 Å². The number of hydrogen-bond acceptors (Lipinski definition) is 6. The molecule has 0 aliphatic carbocycles.